The Morgan fingerprint density at radius 1 is 1.06 bits per heavy atom. The predicted octanol–water partition coefficient (Wildman–Crippen LogP) is 3.21. The number of halogens is 3. The van der Waals surface area contributed by atoms with Gasteiger partial charge >= 0.3 is 0 Å². The van der Waals surface area contributed by atoms with Gasteiger partial charge in [-0.15, -0.1) is 0 Å². The van der Waals surface area contributed by atoms with Gasteiger partial charge in [-0.05, 0) is 28.5 Å². The number of thiophene rings is 1. The first-order chi connectivity index (χ1) is 7.61. The van der Waals surface area contributed by atoms with Crippen molar-refractivity contribution in [3.63, 3.8) is 0 Å². The van der Waals surface area contributed by atoms with E-state index in [2.05, 4.69) is 0 Å². The molecule has 0 saturated heterocycles. The third kappa shape index (κ3) is 1.83. The van der Waals surface area contributed by atoms with E-state index in [-0.39, 0.29) is 5.56 Å². The first-order valence-electron chi connectivity index (χ1n) is 4.52. The van der Waals surface area contributed by atoms with E-state index >= 15 is 0 Å². The molecule has 5 heteroatoms. The summed E-state index contributed by atoms with van der Waals surface area (Å²) in [7, 11) is 0. The molecule has 1 atom stereocenters. The van der Waals surface area contributed by atoms with E-state index in [1.54, 1.807) is 16.8 Å². The molecule has 1 aromatic heterocycles. The standard InChI is InChI=1S/C11H8F3NS/c12-8-2-1-7(9(13)10(8)14)11(15)6-3-4-16-5-6/h1-5,11H,15H2/t11-/m1/s1. The lowest BCUT2D eigenvalue weighted by Gasteiger charge is -2.12. The molecule has 2 rings (SSSR count). The lowest BCUT2D eigenvalue weighted by Crippen LogP contribution is -2.14. The zero-order chi connectivity index (χ0) is 11.7. The lowest BCUT2D eigenvalue weighted by atomic mass is 10.0. The Morgan fingerprint density at radius 3 is 2.44 bits per heavy atom. The maximum Gasteiger partial charge on any atom is 0.194 e. The monoisotopic (exact) mass is 243 g/mol. The largest absolute Gasteiger partial charge is 0.320 e. The van der Waals surface area contributed by atoms with Crippen LogP contribution in [0, 0.1) is 17.5 Å². The van der Waals surface area contributed by atoms with Crippen molar-refractivity contribution >= 4 is 11.3 Å². The second kappa shape index (κ2) is 4.27. The maximum absolute atomic E-state index is 13.4. The molecule has 0 aliphatic carbocycles. The molecule has 84 valence electrons. The summed E-state index contributed by atoms with van der Waals surface area (Å²) < 4.78 is 39.1. The summed E-state index contributed by atoms with van der Waals surface area (Å²) in [6.07, 6.45) is 0. The van der Waals surface area contributed by atoms with Crippen LogP contribution in [0.5, 0.6) is 0 Å². The van der Waals surface area contributed by atoms with Crippen molar-refractivity contribution in [2.45, 2.75) is 6.04 Å². The van der Waals surface area contributed by atoms with Crippen molar-refractivity contribution in [3.05, 3.63) is 57.5 Å². The molecule has 0 aliphatic heterocycles. The minimum atomic E-state index is -1.48. The summed E-state index contributed by atoms with van der Waals surface area (Å²) in [5, 5.41) is 3.53. The van der Waals surface area contributed by atoms with Crippen LogP contribution in [-0.2, 0) is 0 Å². The highest BCUT2D eigenvalue weighted by Gasteiger charge is 2.19. The number of nitrogens with two attached hydrogens (primary N) is 1. The molecule has 16 heavy (non-hydrogen) atoms. The first-order valence-corrected chi connectivity index (χ1v) is 5.46. The summed E-state index contributed by atoms with van der Waals surface area (Å²) in [5.74, 6) is -3.92. The second-order valence-corrected chi connectivity index (χ2v) is 4.08. The minimum absolute atomic E-state index is 0.0442. The summed E-state index contributed by atoms with van der Waals surface area (Å²) >= 11 is 1.41. The highest BCUT2D eigenvalue weighted by molar-refractivity contribution is 7.08. The number of rotatable bonds is 2. The van der Waals surface area contributed by atoms with Crippen LogP contribution in [0.2, 0.25) is 0 Å². The fourth-order valence-corrected chi connectivity index (χ4v) is 2.11. The smallest absolute Gasteiger partial charge is 0.194 e. The summed E-state index contributed by atoms with van der Waals surface area (Å²) in [6, 6.07) is 2.98. The van der Waals surface area contributed by atoms with E-state index in [1.165, 1.54) is 11.3 Å². The van der Waals surface area contributed by atoms with Gasteiger partial charge in [-0.1, -0.05) is 6.07 Å². The molecule has 1 heterocycles. The van der Waals surface area contributed by atoms with Crippen molar-refractivity contribution < 1.29 is 13.2 Å². The molecule has 0 amide bonds. The van der Waals surface area contributed by atoms with Gasteiger partial charge in [-0.3, -0.25) is 0 Å². The molecular formula is C11H8F3NS. The molecule has 0 spiro atoms. The Bertz CT molecular complexity index is 496. The van der Waals surface area contributed by atoms with E-state index < -0.39 is 23.5 Å². The normalized spacial score (nSPS) is 12.8. The fraction of sp³-hybridized carbons (Fsp3) is 0.0909. The lowest BCUT2D eigenvalue weighted by molar-refractivity contribution is 0.438. The third-order valence-corrected chi connectivity index (χ3v) is 3.00. The highest BCUT2D eigenvalue weighted by Crippen LogP contribution is 2.26. The SMILES string of the molecule is N[C@H](c1ccsc1)c1ccc(F)c(F)c1F. The molecule has 0 bridgehead atoms. The molecule has 0 unspecified atom stereocenters. The van der Waals surface area contributed by atoms with E-state index in [4.69, 9.17) is 5.73 Å². The number of benzene rings is 1. The first kappa shape index (κ1) is 11.2. The van der Waals surface area contributed by atoms with Crippen LogP contribution in [-0.4, -0.2) is 0 Å². The zero-order valence-electron chi connectivity index (χ0n) is 8.08. The maximum atomic E-state index is 13.4. The zero-order valence-corrected chi connectivity index (χ0v) is 8.90. The van der Waals surface area contributed by atoms with Gasteiger partial charge in [0.2, 0.25) is 0 Å². The van der Waals surface area contributed by atoms with E-state index in [0.29, 0.717) is 5.56 Å². The number of hydrogen-bond acceptors (Lipinski definition) is 2. The van der Waals surface area contributed by atoms with Crippen molar-refractivity contribution in [2.24, 2.45) is 5.73 Å². The summed E-state index contributed by atoms with van der Waals surface area (Å²) in [6.45, 7) is 0. The van der Waals surface area contributed by atoms with E-state index in [9.17, 15) is 13.2 Å². The van der Waals surface area contributed by atoms with Crippen LogP contribution >= 0.6 is 11.3 Å². The van der Waals surface area contributed by atoms with Gasteiger partial charge in [-0.2, -0.15) is 11.3 Å². The Balaban J connectivity index is 2.45. The molecule has 2 aromatic rings. The number of hydrogen-bond donors (Lipinski definition) is 1. The predicted molar refractivity (Wildman–Crippen MR) is 56.7 cm³/mol. The van der Waals surface area contributed by atoms with Crippen LogP contribution in [0.1, 0.15) is 17.2 Å². The molecule has 1 aromatic carbocycles. The van der Waals surface area contributed by atoms with Crippen LogP contribution in [0.3, 0.4) is 0 Å². The third-order valence-electron chi connectivity index (χ3n) is 2.30. The van der Waals surface area contributed by atoms with Crippen molar-refractivity contribution in [3.8, 4) is 0 Å². The molecule has 0 saturated carbocycles. The van der Waals surface area contributed by atoms with Crippen LogP contribution in [0.4, 0.5) is 13.2 Å². The highest BCUT2D eigenvalue weighted by atomic mass is 32.1. The second-order valence-electron chi connectivity index (χ2n) is 3.30. The Hall–Kier alpha value is -1.33. The van der Waals surface area contributed by atoms with Crippen LogP contribution < -0.4 is 5.73 Å². The molecule has 0 radical (unpaired) electrons. The van der Waals surface area contributed by atoms with Gasteiger partial charge in [0.05, 0.1) is 6.04 Å². The van der Waals surface area contributed by atoms with Crippen LogP contribution in [0.25, 0.3) is 0 Å². The van der Waals surface area contributed by atoms with Gasteiger partial charge in [0.15, 0.2) is 17.5 Å². The Kier molecular flexibility index (Phi) is 2.98. The van der Waals surface area contributed by atoms with Crippen molar-refractivity contribution in [2.75, 3.05) is 0 Å². The van der Waals surface area contributed by atoms with Crippen LogP contribution in [0.15, 0.2) is 29.0 Å². The van der Waals surface area contributed by atoms with E-state index in [0.717, 1.165) is 12.1 Å². The van der Waals surface area contributed by atoms with Gasteiger partial charge in [-0.25, -0.2) is 13.2 Å². The topological polar surface area (TPSA) is 26.0 Å². The van der Waals surface area contributed by atoms with Gasteiger partial charge in [0, 0.05) is 5.56 Å². The van der Waals surface area contributed by atoms with Crippen molar-refractivity contribution in [1.29, 1.82) is 0 Å². The average Bonchev–Trinajstić information content (AvgIpc) is 2.79. The van der Waals surface area contributed by atoms with E-state index in [1.807, 2.05) is 0 Å². The molecular weight excluding hydrogens is 235 g/mol. The van der Waals surface area contributed by atoms with Crippen molar-refractivity contribution in [1.82, 2.24) is 0 Å². The Morgan fingerprint density at radius 2 is 1.81 bits per heavy atom. The molecule has 0 aliphatic rings. The van der Waals surface area contributed by atoms with Gasteiger partial charge < -0.3 is 5.73 Å². The average molecular weight is 243 g/mol. The summed E-state index contributed by atoms with van der Waals surface area (Å²) in [4.78, 5) is 0. The van der Waals surface area contributed by atoms with Gasteiger partial charge in [0.25, 0.3) is 0 Å². The summed E-state index contributed by atoms with van der Waals surface area (Å²) in [5.41, 5.74) is 6.39. The Labute approximate surface area is 94.3 Å². The molecule has 1 nitrogen and oxygen atoms in total. The fourth-order valence-electron chi connectivity index (χ4n) is 1.41. The molecule has 0 fully saturated rings. The van der Waals surface area contributed by atoms with Gasteiger partial charge in [0.1, 0.15) is 0 Å². The minimum Gasteiger partial charge on any atom is -0.320 e. The molecule has 2 N–H and O–H groups in total. The quantitative estimate of drug-likeness (QED) is 0.805.